The van der Waals surface area contributed by atoms with E-state index in [4.69, 9.17) is 9.47 Å². The third-order valence-corrected chi connectivity index (χ3v) is 2.69. The molecule has 1 aromatic carbocycles. The van der Waals surface area contributed by atoms with Crippen molar-refractivity contribution in [3.63, 3.8) is 0 Å². The summed E-state index contributed by atoms with van der Waals surface area (Å²) in [6.45, 7) is 4.34. The highest BCUT2D eigenvalue weighted by Crippen LogP contribution is 2.15. The molecule has 5 heteroatoms. The smallest absolute Gasteiger partial charge is 0.336 e. The van der Waals surface area contributed by atoms with Crippen LogP contribution < -0.4 is 4.74 Å². The monoisotopic (exact) mass is 294 g/mol. The molecule has 0 saturated carbocycles. The van der Waals surface area contributed by atoms with E-state index in [0.29, 0.717) is 6.61 Å². The summed E-state index contributed by atoms with van der Waals surface area (Å²) in [6, 6.07) is 5.53. The van der Waals surface area contributed by atoms with Gasteiger partial charge in [0.15, 0.2) is 11.6 Å². The number of hydrogen-bond acceptors (Lipinski definition) is 4. The quantitative estimate of drug-likeness (QED) is 0.440. The fourth-order valence-electron chi connectivity index (χ4n) is 1.65. The number of rotatable bonds is 7. The largest absolute Gasteiger partial charge is 0.462 e. The van der Waals surface area contributed by atoms with Crippen molar-refractivity contribution in [2.75, 3.05) is 6.61 Å². The summed E-state index contributed by atoms with van der Waals surface area (Å²) >= 11 is 0. The van der Waals surface area contributed by atoms with Crippen molar-refractivity contribution >= 4 is 11.9 Å². The maximum absolute atomic E-state index is 13.2. The minimum atomic E-state index is -0.835. The SMILES string of the molecule is CCCC(C)COC(=O)/C=C/C(=O)Oc1ccccc1F. The lowest BCUT2D eigenvalue weighted by Crippen LogP contribution is -2.11. The molecule has 0 radical (unpaired) electrons. The standard InChI is InChI=1S/C16H19FO4/c1-3-6-12(2)11-20-15(18)9-10-16(19)21-14-8-5-4-7-13(14)17/h4-5,7-10,12H,3,6,11H2,1-2H3/b10-9+. The van der Waals surface area contributed by atoms with Crippen LogP contribution in [0.1, 0.15) is 26.7 Å². The molecule has 0 amide bonds. The minimum Gasteiger partial charge on any atom is -0.462 e. The Kier molecular flexibility index (Phi) is 7.15. The van der Waals surface area contributed by atoms with Gasteiger partial charge in [0.05, 0.1) is 6.61 Å². The highest BCUT2D eigenvalue weighted by atomic mass is 19.1. The van der Waals surface area contributed by atoms with Crippen molar-refractivity contribution in [3.05, 3.63) is 42.2 Å². The molecule has 0 aliphatic carbocycles. The van der Waals surface area contributed by atoms with E-state index in [1.165, 1.54) is 18.2 Å². The van der Waals surface area contributed by atoms with E-state index in [1.54, 1.807) is 6.07 Å². The van der Waals surface area contributed by atoms with Crippen LogP contribution in [0.3, 0.4) is 0 Å². The summed E-state index contributed by atoms with van der Waals surface area (Å²) in [5, 5.41) is 0. The molecule has 0 bridgehead atoms. The predicted octanol–water partition coefficient (Wildman–Crippen LogP) is 3.27. The van der Waals surface area contributed by atoms with Crippen LogP contribution in [0.25, 0.3) is 0 Å². The first-order valence-electron chi connectivity index (χ1n) is 6.84. The van der Waals surface area contributed by atoms with E-state index in [1.807, 2.05) is 6.92 Å². The summed E-state index contributed by atoms with van der Waals surface area (Å²) in [7, 11) is 0. The molecule has 0 N–H and O–H groups in total. The second-order valence-corrected chi connectivity index (χ2v) is 4.71. The van der Waals surface area contributed by atoms with E-state index in [-0.39, 0.29) is 11.7 Å². The van der Waals surface area contributed by atoms with Crippen LogP contribution in [0.5, 0.6) is 5.75 Å². The van der Waals surface area contributed by atoms with Crippen molar-refractivity contribution in [1.29, 1.82) is 0 Å². The van der Waals surface area contributed by atoms with Gasteiger partial charge in [-0.1, -0.05) is 32.4 Å². The van der Waals surface area contributed by atoms with Gasteiger partial charge in [-0.2, -0.15) is 0 Å². The lowest BCUT2D eigenvalue weighted by atomic mass is 10.1. The molecule has 0 aliphatic rings. The highest BCUT2D eigenvalue weighted by molar-refractivity contribution is 5.92. The molecule has 0 aliphatic heterocycles. The Labute approximate surface area is 123 Å². The molecule has 0 saturated heterocycles. The number of para-hydroxylation sites is 1. The van der Waals surface area contributed by atoms with E-state index in [2.05, 4.69) is 6.92 Å². The Hall–Kier alpha value is -2.17. The van der Waals surface area contributed by atoms with E-state index in [9.17, 15) is 14.0 Å². The fraction of sp³-hybridized carbons (Fsp3) is 0.375. The highest BCUT2D eigenvalue weighted by Gasteiger charge is 2.08. The summed E-state index contributed by atoms with van der Waals surface area (Å²) in [5.74, 6) is -2.01. The summed E-state index contributed by atoms with van der Waals surface area (Å²) in [6.07, 6.45) is 3.87. The van der Waals surface area contributed by atoms with Crippen LogP contribution in [0.4, 0.5) is 4.39 Å². The van der Waals surface area contributed by atoms with Gasteiger partial charge < -0.3 is 9.47 Å². The maximum Gasteiger partial charge on any atom is 0.336 e. The molecule has 0 aromatic heterocycles. The molecule has 1 unspecified atom stereocenters. The van der Waals surface area contributed by atoms with E-state index in [0.717, 1.165) is 25.0 Å². The van der Waals surface area contributed by atoms with Gasteiger partial charge in [0, 0.05) is 12.2 Å². The second kappa shape index (κ2) is 8.89. The number of benzene rings is 1. The van der Waals surface area contributed by atoms with Gasteiger partial charge >= 0.3 is 11.9 Å². The molecule has 4 nitrogen and oxygen atoms in total. The van der Waals surface area contributed by atoms with Crippen LogP contribution >= 0.6 is 0 Å². The Morgan fingerprint density at radius 2 is 1.90 bits per heavy atom. The lowest BCUT2D eigenvalue weighted by Gasteiger charge is -2.09. The van der Waals surface area contributed by atoms with Crippen LogP contribution in [0.15, 0.2) is 36.4 Å². The number of hydrogen-bond donors (Lipinski definition) is 0. The third kappa shape index (κ3) is 6.70. The number of halogens is 1. The third-order valence-electron chi connectivity index (χ3n) is 2.69. The first-order valence-corrected chi connectivity index (χ1v) is 6.84. The van der Waals surface area contributed by atoms with Crippen LogP contribution in [-0.4, -0.2) is 18.5 Å². The molecule has 21 heavy (non-hydrogen) atoms. The van der Waals surface area contributed by atoms with Crippen molar-refractivity contribution < 1.29 is 23.5 Å². The molecule has 1 atom stereocenters. The molecule has 1 rings (SSSR count). The first kappa shape index (κ1) is 16.9. The van der Waals surface area contributed by atoms with Crippen LogP contribution in [0, 0.1) is 11.7 Å². The minimum absolute atomic E-state index is 0.183. The zero-order valence-corrected chi connectivity index (χ0v) is 12.2. The van der Waals surface area contributed by atoms with Gasteiger partial charge in [-0.25, -0.2) is 14.0 Å². The summed E-state index contributed by atoms with van der Waals surface area (Å²) in [4.78, 5) is 22.8. The van der Waals surface area contributed by atoms with Crippen molar-refractivity contribution in [2.45, 2.75) is 26.7 Å². The Morgan fingerprint density at radius 1 is 1.24 bits per heavy atom. The van der Waals surface area contributed by atoms with Gasteiger partial charge in [-0.3, -0.25) is 0 Å². The fourth-order valence-corrected chi connectivity index (χ4v) is 1.65. The van der Waals surface area contributed by atoms with Gasteiger partial charge in [0.2, 0.25) is 0 Å². The number of esters is 2. The molecule has 114 valence electrons. The molecule has 0 fully saturated rings. The van der Waals surface area contributed by atoms with Crippen molar-refractivity contribution in [2.24, 2.45) is 5.92 Å². The van der Waals surface area contributed by atoms with Crippen LogP contribution in [0.2, 0.25) is 0 Å². The Balaban J connectivity index is 2.40. The number of ether oxygens (including phenoxy) is 2. The molecule has 1 aromatic rings. The topological polar surface area (TPSA) is 52.6 Å². The van der Waals surface area contributed by atoms with Gasteiger partial charge in [0.25, 0.3) is 0 Å². The Morgan fingerprint density at radius 3 is 2.57 bits per heavy atom. The zero-order valence-electron chi connectivity index (χ0n) is 12.2. The normalized spacial score (nSPS) is 12.1. The van der Waals surface area contributed by atoms with Gasteiger partial charge in [-0.05, 0) is 24.5 Å². The van der Waals surface area contributed by atoms with Gasteiger partial charge in [0.1, 0.15) is 0 Å². The lowest BCUT2D eigenvalue weighted by molar-refractivity contribution is -0.139. The number of carbonyl (C=O) groups excluding carboxylic acids is 2. The molecule has 0 heterocycles. The average molecular weight is 294 g/mol. The predicted molar refractivity (Wildman–Crippen MR) is 76.2 cm³/mol. The van der Waals surface area contributed by atoms with Gasteiger partial charge in [-0.15, -0.1) is 0 Å². The summed E-state index contributed by atoms with van der Waals surface area (Å²) < 4.78 is 23.0. The molecule has 0 spiro atoms. The molecular formula is C16H19FO4. The average Bonchev–Trinajstić information content (AvgIpc) is 2.46. The van der Waals surface area contributed by atoms with Crippen LogP contribution in [-0.2, 0) is 14.3 Å². The zero-order chi connectivity index (χ0) is 15.7. The summed E-state index contributed by atoms with van der Waals surface area (Å²) in [5.41, 5.74) is 0. The van der Waals surface area contributed by atoms with E-state index < -0.39 is 17.8 Å². The first-order chi connectivity index (χ1) is 10.0. The van der Waals surface area contributed by atoms with Crippen molar-refractivity contribution in [1.82, 2.24) is 0 Å². The second-order valence-electron chi connectivity index (χ2n) is 4.71. The Bertz CT molecular complexity index is 511. The number of carbonyl (C=O) groups is 2. The maximum atomic E-state index is 13.2. The molecular weight excluding hydrogens is 275 g/mol. The van der Waals surface area contributed by atoms with E-state index >= 15 is 0 Å². The van der Waals surface area contributed by atoms with Crippen molar-refractivity contribution in [3.8, 4) is 5.75 Å².